The molecular formula is C13H13FN2. The van der Waals surface area contributed by atoms with Crippen molar-refractivity contribution in [2.24, 2.45) is 0 Å². The summed E-state index contributed by atoms with van der Waals surface area (Å²) in [7, 11) is 0. The lowest BCUT2D eigenvalue weighted by molar-refractivity contribution is 0.421. The Bertz CT molecular complexity index is 473. The summed E-state index contributed by atoms with van der Waals surface area (Å²) in [6.07, 6.45) is 3.86. The van der Waals surface area contributed by atoms with E-state index in [2.05, 4.69) is 11.4 Å². The van der Waals surface area contributed by atoms with Crippen molar-refractivity contribution in [3.05, 3.63) is 35.1 Å². The molecule has 3 heteroatoms. The third-order valence-electron chi connectivity index (χ3n) is 3.52. The molecule has 16 heavy (non-hydrogen) atoms. The predicted octanol–water partition coefficient (Wildman–Crippen LogP) is 2.24. The van der Waals surface area contributed by atoms with E-state index in [1.807, 2.05) is 0 Å². The highest BCUT2D eigenvalue weighted by Crippen LogP contribution is 2.39. The van der Waals surface area contributed by atoms with Crippen LogP contribution in [0.3, 0.4) is 0 Å². The smallest absolute Gasteiger partial charge is 0.133 e. The topological polar surface area (TPSA) is 35.8 Å². The molecule has 0 amide bonds. The molecule has 0 spiro atoms. The van der Waals surface area contributed by atoms with Gasteiger partial charge in [-0.05, 0) is 48.9 Å². The molecule has 0 radical (unpaired) electrons. The number of nitrogens with zero attached hydrogens (tertiary/aromatic N) is 1. The Morgan fingerprint density at radius 1 is 1.44 bits per heavy atom. The van der Waals surface area contributed by atoms with Crippen LogP contribution in [0.5, 0.6) is 0 Å². The minimum atomic E-state index is -0.565. The van der Waals surface area contributed by atoms with E-state index in [0.29, 0.717) is 6.04 Å². The summed E-state index contributed by atoms with van der Waals surface area (Å²) < 4.78 is 13.1. The van der Waals surface area contributed by atoms with Crippen molar-refractivity contribution in [2.45, 2.75) is 37.3 Å². The molecule has 2 nitrogen and oxygen atoms in total. The van der Waals surface area contributed by atoms with Gasteiger partial charge in [0.05, 0.1) is 6.07 Å². The van der Waals surface area contributed by atoms with Crippen LogP contribution in [0.15, 0.2) is 18.2 Å². The second kappa shape index (κ2) is 3.29. The molecule has 1 aromatic carbocycles. The Balaban J connectivity index is 2.02. The Morgan fingerprint density at radius 3 is 2.94 bits per heavy atom. The lowest BCUT2D eigenvalue weighted by atomic mass is 9.93. The second-order valence-corrected chi connectivity index (χ2v) is 4.74. The Morgan fingerprint density at radius 2 is 2.25 bits per heavy atom. The average Bonchev–Trinajstić information content (AvgIpc) is 3.02. The molecule has 2 aliphatic carbocycles. The Labute approximate surface area is 94.1 Å². The first-order chi connectivity index (χ1) is 7.73. The van der Waals surface area contributed by atoms with Crippen molar-refractivity contribution in [3.8, 4) is 6.07 Å². The summed E-state index contributed by atoms with van der Waals surface area (Å²) >= 11 is 0. The SMILES string of the molecule is N#CC1(NC2CC2)CCc2cc(F)ccc21. The molecule has 0 bridgehead atoms. The Kier molecular flexibility index (Phi) is 2.02. The molecule has 0 aromatic heterocycles. The maximum atomic E-state index is 13.1. The minimum Gasteiger partial charge on any atom is -0.293 e. The molecule has 2 aliphatic rings. The van der Waals surface area contributed by atoms with Crippen molar-refractivity contribution >= 4 is 0 Å². The van der Waals surface area contributed by atoms with Crippen molar-refractivity contribution in [2.75, 3.05) is 0 Å². The zero-order valence-corrected chi connectivity index (χ0v) is 8.96. The van der Waals surface area contributed by atoms with E-state index in [9.17, 15) is 9.65 Å². The van der Waals surface area contributed by atoms with Crippen LogP contribution in [0.1, 0.15) is 30.4 Å². The predicted molar refractivity (Wildman–Crippen MR) is 58.2 cm³/mol. The summed E-state index contributed by atoms with van der Waals surface area (Å²) in [5, 5.41) is 12.8. The summed E-state index contributed by atoms with van der Waals surface area (Å²) in [4.78, 5) is 0. The second-order valence-electron chi connectivity index (χ2n) is 4.74. The highest BCUT2D eigenvalue weighted by molar-refractivity contribution is 5.44. The fourth-order valence-electron chi connectivity index (χ4n) is 2.52. The van der Waals surface area contributed by atoms with Crippen LogP contribution in [0.4, 0.5) is 4.39 Å². The molecule has 0 heterocycles. The van der Waals surface area contributed by atoms with Crippen LogP contribution >= 0.6 is 0 Å². The Hall–Kier alpha value is -1.40. The maximum Gasteiger partial charge on any atom is 0.133 e. The molecule has 0 aliphatic heterocycles. The van der Waals surface area contributed by atoms with E-state index in [-0.39, 0.29) is 5.82 Å². The van der Waals surface area contributed by atoms with Crippen molar-refractivity contribution in [1.29, 1.82) is 5.26 Å². The van der Waals surface area contributed by atoms with Crippen LogP contribution in [-0.4, -0.2) is 6.04 Å². The molecule has 1 saturated carbocycles. The molecule has 1 aromatic rings. The number of benzene rings is 1. The summed E-state index contributed by atoms with van der Waals surface area (Å²) in [5.41, 5.74) is 1.39. The van der Waals surface area contributed by atoms with Gasteiger partial charge in [-0.3, -0.25) is 5.32 Å². The normalized spacial score (nSPS) is 27.5. The van der Waals surface area contributed by atoms with Gasteiger partial charge in [0.25, 0.3) is 0 Å². The maximum absolute atomic E-state index is 13.1. The highest BCUT2D eigenvalue weighted by atomic mass is 19.1. The van der Waals surface area contributed by atoms with Crippen molar-refractivity contribution in [3.63, 3.8) is 0 Å². The summed E-state index contributed by atoms with van der Waals surface area (Å²) in [6, 6.07) is 7.64. The first kappa shape index (κ1) is 9.80. The van der Waals surface area contributed by atoms with Gasteiger partial charge < -0.3 is 0 Å². The molecule has 0 saturated heterocycles. The molecule has 1 atom stereocenters. The highest BCUT2D eigenvalue weighted by Gasteiger charge is 2.42. The monoisotopic (exact) mass is 216 g/mol. The van der Waals surface area contributed by atoms with E-state index in [4.69, 9.17) is 0 Å². The van der Waals surface area contributed by atoms with Crippen LogP contribution in [-0.2, 0) is 12.0 Å². The fourth-order valence-corrected chi connectivity index (χ4v) is 2.52. The van der Waals surface area contributed by atoms with E-state index in [0.717, 1.165) is 36.8 Å². The van der Waals surface area contributed by atoms with E-state index >= 15 is 0 Å². The quantitative estimate of drug-likeness (QED) is 0.823. The summed E-state index contributed by atoms with van der Waals surface area (Å²) in [5.74, 6) is -0.209. The van der Waals surface area contributed by atoms with Crippen molar-refractivity contribution in [1.82, 2.24) is 5.32 Å². The number of nitriles is 1. The number of halogens is 1. The lowest BCUT2D eigenvalue weighted by Gasteiger charge is -2.23. The number of fused-ring (bicyclic) bond motifs is 1. The average molecular weight is 216 g/mol. The van der Waals surface area contributed by atoms with Gasteiger partial charge in [-0.2, -0.15) is 5.26 Å². The molecule has 1 fully saturated rings. The molecular weight excluding hydrogens is 203 g/mol. The van der Waals surface area contributed by atoms with Crippen molar-refractivity contribution < 1.29 is 4.39 Å². The van der Waals surface area contributed by atoms with E-state index in [1.54, 1.807) is 12.1 Å². The van der Waals surface area contributed by atoms with Gasteiger partial charge >= 0.3 is 0 Å². The van der Waals surface area contributed by atoms with E-state index in [1.165, 1.54) is 6.07 Å². The zero-order chi connectivity index (χ0) is 11.2. The van der Waals surface area contributed by atoms with Crippen LogP contribution in [0.2, 0.25) is 0 Å². The fraction of sp³-hybridized carbons (Fsp3) is 0.462. The van der Waals surface area contributed by atoms with Crippen LogP contribution < -0.4 is 5.32 Å². The van der Waals surface area contributed by atoms with Gasteiger partial charge in [-0.25, -0.2) is 4.39 Å². The summed E-state index contributed by atoms with van der Waals surface area (Å²) in [6.45, 7) is 0. The van der Waals surface area contributed by atoms with E-state index < -0.39 is 5.54 Å². The first-order valence-corrected chi connectivity index (χ1v) is 5.71. The minimum absolute atomic E-state index is 0.209. The third-order valence-corrected chi connectivity index (χ3v) is 3.52. The third kappa shape index (κ3) is 1.42. The zero-order valence-electron chi connectivity index (χ0n) is 8.96. The van der Waals surface area contributed by atoms with Crippen LogP contribution in [0.25, 0.3) is 0 Å². The van der Waals surface area contributed by atoms with Gasteiger partial charge in [0.2, 0.25) is 0 Å². The first-order valence-electron chi connectivity index (χ1n) is 5.71. The number of nitrogens with one attached hydrogen (secondary N) is 1. The molecule has 1 unspecified atom stereocenters. The van der Waals surface area contributed by atoms with Gasteiger partial charge in [-0.1, -0.05) is 6.07 Å². The number of hydrogen-bond acceptors (Lipinski definition) is 2. The number of rotatable bonds is 2. The molecule has 82 valence electrons. The largest absolute Gasteiger partial charge is 0.293 e. The number of aryl methyl sites for hydroxylation is 1. The van der Waals surface area contributed by atoms with Gasteiger partial charge in [-0.15, -0.1) is 0 Å². The standard InChI is InChI=1S/C13H13FN2/c14-10-1-4-12-9(7-10)5-6-13(12,8-15)16-11-2-3-11/h1,4,7,11,16H,2-3,5-6H2. The van der Waals surface area contributed by atoms with Gasteiger partial charge in [0.15, 0.2) is 0 Å². The molecule has 1 N–H and O–H groups in total. The molecule has 3 rings (SSSR count). The van der Waals surface area contributed by atoms with Gasteiger partial charge in [0, 0.05) is 6.04 Å². The van der Waals surface area contributed by atoms with Crippen LogP contribution in [0, 0.1) is 17.1 Å². The number of hydrogen-bond donors (Lipinski definition) is 1. The lowest BCUT2D eigenvalue weighted by Crippen LogP contribution is -2.40. The van der Waals surface area contributed by atoms with Gasteiger partial charge in [0.1, 0.15) is 11.4 Å².